The van der Waals surface area contributed by atoms with E-state index < -0.39 is 0 Å². The number of ether oxygens (including phenoxy) is 1. The van der Waals surface area contributed by atoms with Gasteiger partial charge in [0.25, 0.3) is 0 Å². The molecule has 1 N–H and O–H groups in total. The van der Waals surface area contributed by atoms with Crippen molar-refractivity contribution in [3.05, 3.63) is 0 Å². The van der Waals surface area contributed by atoms with Crippen LogP contribution in [0.5, 0.6) is 0 Å². The Morgan fingerprint density at radius 3 is 3.21 bits per heavy atom. The molecule has 0 aliphatic carbocycles. The minimum Gasteiger partial charge on any atom is -0.379 e. The summed E-state index contributed by atoms with van der Waals surface area (Å²) < 4.78 is 5.28. The van der Waals surface area contributed by atoms with Crippen LogP contribution < -0.4 is 5.32 Å². The Bertz CT molecular complexity index is 202. The highest BCUT2D eigenvalue weighted by Gasteiger charge is 2.22. The fraction of sp³-hybridized carbons (Fsp3) is 0.900. The second kappa shape index (κ2) is 4.75. The molecule has 0 saturated carbocycles. The molecule has 14 heavy (non-hydrogen) atoms. The van der Waals surface area contributed by atoms with Crippen LogP contribution in [0.3, 0.4) is 0 Å². The van der Waals surface area contributed by atoms with Gasteiger partial charge >= 0.3 is 0 Å². The molecule has 0 spiro atoms. The maximum atomic E-state index is 11.6. The summed E-state index contributed by atoms with van der Waals surface area (Å²) in [5, 5.41) is 3.41. The molecule has 2 aliphatic heterocycles. The number of hydrogen-bond donors (Lipinski definition) is 1. The van der Waals surface area contributed by atoms with Crippen molar-refractivity contribution in [2.75, 3.05) is 32.8 Å². The molecule has 2 aliphatic rings. The first-order chi connectivity index (χ1) is 6.86. The van der Waals surface area contributed by atoms with E-state index in [0.29, 0.717) is 25.7 Å². The Labute approximate surface area is 84.6 Å². The zero-order valence-electron chi connectivity index (χ0n) is 8.50. The van der Waals surface area contributed by atoms with E-state index in [9.17, 15) is 4.79 Å². The lowest BCUT2D eigenvalue weighted by molar-refractivity contribution is -0.130. The third kappa shape index (κ3) is 2.45. The quantitative estimate of drug-likeness (QED) is 0.678. The molecule has 0 radical (unpaired) electrons. The molecule has 2 heterocycles. The molecule has 1 atom stereocenters. The summed E-state index contributed by atoms with van der Waals surface area (Å²) in [6.07, 6.45) is 2.99. The summed E-state index contributed by atoms with van der Waals surface area (Å²) in [5.74, 6) is 0.246. The SMILES string of the molecule is O=C1CCOCCN1CC1CCCN1. The van der Waals surface area contributed by atoms with Crippen LogP contribution in [0.1, 0.15) is 19.3 Å². The molecule has 0 aromatic rings. The number of amides is 1. The third-order valence-corrected chi connectivity index (χ3v) is 2.92. The Kier molecular flexibility index (Phi) is 3.37. The molecular weight excluding hydrogens is 180 g/mol. The van der Waals surface area contributed by atoms with Crippen LogP contribution in [-0.2, 0) is 9.53 Å². The van der Waals surface area contributed by atoms with E-state index >= 15 is 0 Å². The standard InChI is InChI=1S/C10H18N2O2/c13-10-3-6-14-7-5-12(10)8-9-2-1-4-11-9/h9,11H,1-8H2. The molecule has 0 aromatic carbocycles. The number of nitrogens with zero attached hydrogens (tertiary/aromatic N) is 1. The van der Waals surface area contributed by atoms with E-state index in [4.69, 9.17) is 4.74 Å². The van der Waals surface area contributed by atoms with E-state index in [2.05, 4.69) is 5.32 Å². The zero-order valence-corrected chi connectivity index (χ0v) is 8.50. The van der Waals surface area contributed by atoms with Crippen molar-refractivity contribution < 1.29 is 9.53 Å². The van der Waals surface area contributed by atoms with Gasteiger partial charge in [0.1, 0.15) is 0 Å². The number of carbonyl (C=O) groups is 1. The summed E-state index contributed by atoms with van der Waals surface area (Å²) in [6, 6.07) is 0.511. The highest BCUT2D eigenvalue weighted by atomic mass is 16.5. The van der Waals surface area contributed by atoms with Gasteiger partial charge in [-0.2, -0.15) is 0 Å². The van der Waals surface area contributed by atoms with E-state index in [0.717, 1.165) is 19.6 Å². The van der Waals surface area contributed by atoms with Gasteiger partial charge in [0.05, 0.1) is 19.6 Å². The predicted octanol–water partition coefficient (Wildman–Crippen LogP) is -0.0127. The summed E-state index contributed by atoms with van der Waals surface area (Å²) >= 11 is 0. The van der Waals surface area contributed by atoms with Crippen molar-refractivity contribution >= 4 is 5.91 Å². The minimum absolute atomic E-state index is 0.246. The Hall–Kier alpha value is -0.610. The zero-order chi connectivity index (χ0) is 9.80. The number of rotatable bonds is 2. The van der Waals surface area contributed by atoms with Crippen molar-refractivity contribution in [1.82, 2.24) is 10.2 Å². The van der Waals surface area contributed by atoms with Crippen LogP contribution in [-0.4, -0.2) is 49.7 Å². The molecular formula is C10H18N2O2. The van der Waals surface area contributed by atoms with Gasteiger partial charge in [-0.3, -0.25) is 4.79 Å². The van der Waals surface area contributed by atoms with Crippen molar-refractivity contribution in [3.63, 3.8) is 0 Å². The van der Waals surface area contributed by atoms with Gasteiger partial charge in [0, 0.05) is 19.1 Å². The molecule has 2 rings (SSSR count). The Morgan fingerprint density at radius 1 is 1.50 bits per heavy atom. The van der Waals surface area contributed by atoms with Crippen LogP contribution in [0, 0.1) is 0 Å². The lowest BCUT2D eigenvalue weighted by Gasteiger charge is -2.23. The van der Waals surface area contributed by atoms with Crippen molar-refractivity contribution in [2.45, 2.75) is 25.3 Å². The second-order valence-electron chi connectivity index (χ2n) is 4.00. The molecule has 2 fully saturated rings. The number of carbonyl (C=O) groups excluding carboxylic acids is 1. The Balaban J connectivity index is 1.84. The molecule has 1 amide bonds. The lowest BCUT2D eigenvalue weighted by atomic mass is 10.2. The van der Waals surface area contributed by atoms with Crippen LogP contribution in [0.15, 0.2) is 0 Å². The van der Waals surface area contributed by atoms with E-state index in [1.54, 1.807) is 0 Å². The second-order valence-corrected chi connectivity index (χ2v) is 4.00. The topological polar surface area (TPSA) is 41.6 Å². The molecule has 0 aromatic heterocycles. The van der Waals surface area contributed by atoms with E-state index in [-0.39, 0.29) is 5.91 Å². The summed E-state index contributed by atoms with van der Waals surface area (Å²) in [7, 11) is 0. The largest absolute Gasteiger partial charge is 0.379 e. The number of hydrogen-bond acceptors (Lipinski definition) is 3. The first-order valence-electron chi connectivity index (χ1n) is 5.45. The van der Waals surface area contributed by atoms with Crippen molar-refractivity contribution in [2.24, 2.45) is 0 Å². The molecule has 2 saturated heterocycles. The van der Waals surface area contributed by atoms with Crippen LogP contribution >= 0.6 is 0 Å². The van der Waals surface area contributed by atoms with Gasteiger partial charge in [-0.15, -0.1) is 0 Å². The molecule has 0 bridgehead atoms. The van der Waals surface area contributed by atoms with Crippen LogP contribution in [0.4, 0.5) is 0 Å². The van der Waals surface area contributed by atoms with E-state index in [1.165, 1.54) is 12.8 Å². The van der Waals surface area contributed by atoms with Crippen molar-refractivity contribution in [1.29, 1.82) is 0 Å². The summed E-state index contributed by atoms with van der Waals surface area (Å²) in [6.45, 7) is 4.01. The van der Waals surface area contributed by atoms with Crippen molar-refractivity contribution in [3.8, 4) is 0 Å². The molecule has 1 unspecified atom stereocenters. The first kappa shape index (κ1) is 9.93. The monoisotopic (exact) mass is 198 g/mol. The average molecular weight is 198 g/mol. The molecule has 80 valence electrons. The normalized spacial score (nSPS) is 29.3. The van der Waals surface area contributed by atoms with Gasteiger partial charge in [-0.25, -0.2) is 0 Å². The first-order valence-corrected chi connectivity index (χ1v) is 5.45. The minimum atomic E-state index is 0.246. The van der Waals surface area contributed by atoms with Gasteiger partial charge in [-0.05, 0) is 19.4 Å². The predicted molar refractivity (Wildman–Crippen MR) is 53.0 cm³/mol. The lowest BCUT2D eigenvalue weighted by Crippen LogP contribution is -2.41. The van der Waals surface area contributed by atoms with E-state index in [1.807, 2.05) is 4.90 Å². The Morgan fingerprint density at radius 2 is 2.43 bits per heavy atom. The fourth-order valence-corrected chi connectivity index (χ4v) is 2.09. The maximum Gasteiger partial charge on any atom is 0.225 e. The molecule has 4 heteroatoms. The van der Waals surface area contributed by atoms with Gasteiger partial charge in [0.15, 0.2) is 0 Å². The van der Waals surface area contributed by atoms with Crippen LogP contribution in [0.25, 0.3) is 0 Å². The average Bonchev–Trinajstić information content (AvgIpc) is 2.60. The third-order valence-electron chi connectivity index (χ3n) is 2.92. The van der Waals surface area contributed by atoms with Gasteiger partial charge < -0.3 is 15.0 Å². The van der Waals surface area contributed by atoms with Gasteiger partial charge in [-0.1, -0.05) is 0 Å². The smallest absolute Gasteiger partial charge is 0.225 e. The summed E-state index contributed by atoms with van der Waals surface area (Å²) in [4.78, 5) is 13.6. The highest BCUT2D eigenvalue weighted by Crippen LogP contribution is 2.09. The van der Waals surface area contributed by atoms with Crippen LogP contribution in [0.2, 0.25) is 0 Å². The summed E-state index contributed by atoms with van der Waals surface area (Å²) in [5.41, 5.74) is 0. The highest BCUT2D eigenvalue weighted by molar-refractivity contribution is 5.76. The maximum absolute atomic E-state index is 11.6. The van der Waals surface area contributed by atoms with Gasteiger partial charge in [0.2, 0.25) is 5.91 Å². The fourth-order valence-electron chi connectivity index (χ4n) is 2.09. The number of nitrogens with one attached hydrogen (secondary N) is 1. The molecule has 4 nitrogen and oxygen atoms in total.